The molecule has 31 heavy (non-hydrogen) atoms. The number of halogens is 3. The van der Waals surface area contributed by atoms with Crippen LogP contribution < -0.4 is 10.1 Å². The summed E-state index contributed by atoms with van der Waals surface area (Å²) in [5, 5.41) is 2.89. The van der Waals surface area contributed by atoms with Crippen LogP contribution in [0.5, 0.6) is 11.5 Å². The fourth-order valence-corrected chi connectivity index (χ4v) is 4.00. The molecule has 160 valence electrons. The van der Waals surface area contributed by atoms with Crippen molar-refractivity contribution in [3.63, 3.8) is 0 Å². The maximum atomic E-state index is 12.7. The van der Waals surface area contributed by atoms with Crippen LogP contribution in [0.15, 0.2) is 54.7 Å². The van der Waals surface area contributed by atoms with Crippen molar-refractivity contribution in [2.75, 3.05) is 0 Å². The molecule has 0 spiro atoms. The van der Waals surface area contributed by atoms with E-state index in [9.17, 15) is 18.0 Å². The van der Waals surface area contributed by atoms with Crippen LogP contribution in [-0.4, -0.2) is 15.3 Å². The van der Waals surface area contributed by atoms with Gasteiger partial charge in [-0.3, -0.25) is 9.20 Å². The molecular formula is C22H18F3N3O2S. The third-order valence-electron chi connectivity index (χ3n) is 4.63. The van der Waals surface area contributed by atoms with Crippen LogP contribution in [0.1, 0.15) is 32.2 Å². The Morgan fingerprint density at radius 2 is 1.68 bits per heavy atom. The van der Waals surface area contributed by atoms with E-state index in [-0.39, 0.29) is 5.91 Å². The lowest BCUT2D eigenvalue weighted by atomic mass is 10.2. The predicted octanol–water partition coefficient (Wildman–Crippen LogP) is 5.75. The maximum absolute atomic E-state index is 12.7. The molecule has 2 heterocycles. The van der Waals surface area contributed by atoms with E-state index in [0.717, 1.165) is 27.5 Å². The van der Waals surface area contributed by atoms with Crippen molar-refractivity contribution in [3.05, 3.63) is 82.1 Å². The molecule has 4 rings (SSSR count). The summed E-state index contributed by atoms with van der Waals surface area (Å²) in [4.78, 5) is 18.9. The lowest BCUT2D eigenvalue weighted by molar-refractivity contribution is -0.137. The van der Waals surface area contributed by atoms with E-state index in [1.165, 1.54) is 23.5 Å². The average Bonchev–Trinajstić information content (AvgIpc) is 3.21. The van der Waals surface area contributed by atoms with Crippen LogP contribution in [-0.2, 0) is 12.7 Å². The van der Waals surface area contributed by atoms with Gasteiger partial charge in [0, 0.05) is 17.6 Å². The van der Waals surface area contributed by atoms with Crippen LogP contribution in [0, 0.1) is 13.8 Å². The molecule has 4 aromatic rings. The largest absolute Gasteiger partial charge is 0.457 e. The Morgan fingerprint density at radius 3 is 2.29 bits per heavy atom. The summed E-state index contributed by atoms with van der Waals surface area (Å²) in [7, 11) is 0. The minimum absolute atomic E-state index is 0.215. The predicted molar refractivity (Wildman–Crippen MR) is 112 cm³/mol. The van der Waals surface area contributed by atoms with Crippen molar-refractivity contribution in [1.29, 1.82) is 0 Å². The quantitative estimate of drug-likeness (QED) is 0.425. The standard InChI is InChI=1S/C22H18F3N3O2S/c1-13-12-28-19(14(2)27-21(28)31-13)20(29)26-11-15-3-7-17(8-4-15)30-18-9-5-16(6-10-18)22(23,24)25/h3-10,12H,11H2,1-2H3,(H,26,29). The number of alkyl halides is 3. The molecule has 0 aliphatic rings. The number of nitrogens with zero attached hydrogens (tertiary/aromatic N) is 2. The highest BCUT2D eigenvalue weighted by atomic mass is 32.1. The second kappa shape index (κ2) is 8.07. The monoisotopic (exact) mass is 445 g/mol. The number of rotatable bonds is 5. The number of carbonyl (C=O) groups excluding carboxylic acids is 1. The molecule has 0 saturated carbocycles. The van der Waals surface area contributed by atoms with Gasteiger partial charge in [0.1, 0.15) is 17.2 Å². The normalized spacial score (nSPS) is 11.6. The van der Waals surface area contributed by atoms with Crippen LogP contribution in [0.25, 0.3) is 4.96 Å². The number of fused-ring (bicyclic) bond motifs is 1. The molecule has 2 aromatic carbocycles. The summed E-state index contributed by atoms with van der Waals surface area (Å²) in [6.07, 6.45) is -2.49. The zero-order valence-corrected chi connectivity index (χ0v) is 17.5. The first-order chi connectivity index (χ1) is 14.7. The van der Waals surface area contributed by atoms with E-state index >= 15 is 0 Å². The fourth-order valence-electron chi connectivity index (χ4n) is 3.13. The number of imidazole rings is 1. The van der Waals surface area contributed by atoms with Crippen LogP contribution >= 0.6 is 11.3 Å². The molecule has 0 aliphatic heterocycles. The van der Waals surface area contributed by atoms with Gasteiger partial charge in [-0.25, -0.2) is 4.98 Å². The number of aryl methyl sites for hydroxylation is 2. The van der Waals surface area contributed by atoms with Gasteiger partial charge in [-0.15, -0.1) is 11.3 Å². The molecule has 0 fully saturated rings. The van der Waals surface area contributed by atoms with Gasteiger partial charge in [0.15, 0.2) is 4.96 Å². The number of thiazole rings is 1. The Balaban J connectivity index is 1.38. The number of nitrogens with one attached hydrogen (secondary N) is 1. The zero-order chi connectivity index (χ0) is 22.2. The third kappa shape index (κ3) is 4.56. The molecule has 0 unspecified atom stereocenters. The van der Waals surface area contributed by atoms with Gasteiger partial charge in [0.2, 0.25) is 0 Å². The van der Waals surface area contributed by atoms with Gasteiger partial charge in [0.05, 0.1) is 11.3 Å². The maximum Gasteiger partial charge on any atom is 0.416 e. The molecule has 0 bridgehead atoms. The van der Waals surface area contributed by atoms with Gasteiger partial charge < -0.3 is 10.1 Å². The number of hydrogen-bond acceptors (Lipinski definition) is 4. The van der Waals surface area contributed by atoms with Gasteiger partial charge in [-0.2, -0.15) is 13.2 Å². The summed E-state index contributed by atoms with van der Waals surface area (Å²) < 4.78 is 45.3. The summed E-state index contributed by atoms with van der Waals surface area (Å²) >= 11 is 1.53. The average molecular weight is 445 g/mol. The van der Waals surface area contributed by atoms with Crippen molar-refractivity contribution in [3.8, 4) is 11.5 Å². The first kappa shape index (κ1) is 20.9. The lowest BCUT2D eigenvalue weighted by Crippen LogP contribution is -2.24. The Morgan fingerprint density at radius 1 is 1.06 bits per heavy atom. The van der Waals surface area contributed by atoms with Crippen molar-refractivity contribution in [2.45, 2.75) is 26.6 Å². The molecule has 0 aliphatic carbocycles. The van der Waals surface area contributed by atoms with E-state index < -0.39 is 11.7 Å². The van der Waals surface area contributed by atoms with Crippen LogP contribution in [0.4, 0.5) is 13.2 Å². The number of aromatic nitrogens is 2. The second-order valence-electron chi connectivity index (χ2n) is 6.99. The highest BCUT2D eigenvalue weighted by Crippen LogP contribution is 2.31. The number of amides is 1. The van der Waals surface area contributed by atoms with E-state index in [1.807, 2.05) is 13.1 Å². The molecule has 1 N–H and O–H groups in total. The van der Waals surface area contributed by atoms with E-state index in [2.05, 4.69) is 10.3 Å². The number of hydrogen-bond donors (Lipinski definition) is 1. The minimum atomic E-state index is -4.38. The number of ether oxygens (including phenoxy) is 1. The smallest absolute Gasteiger partial charge is 0.416 e. The summed E-state index contributed by atoms with van der Waals surface area (Å²) in [6.45, 7) is 4.08. The molecule has 0 atom stereocenters. The Hall–Kier alpha value is -3.33. The number of carbonyl (C=O) groups is 1. The highest BCUT2D eigenvalue weighted by molar-refractivity contribution is 7.17. The first-order valence-corrected chi connectivity index (χ1v) is 10.2. The zero-order valence-electron chi connectivity index (χ0n) is 16.7. The SMILES string of the molecule is Cc1cn2c(C(=O)NCc3ccc(Oc4ccc(C(F)(F)F)cc4)cc3)c(C)nc2s1. The molecule has 2 aromatic heterocycles. The lowest BCUT2D eigenvalue weighted by Gasteiger charge is -2.10. The van der Waals surface area contributed by atoms with E-state index in [0.29, 0.717) is 29.4 Å². The van der Waals surface area contributed by atoms with Crippen molar-refractivity contribution in [1.82, 2.24) is 14.7 Å². The Kier molecular flexibility index (Phi) is 5.45. The van der Waals surface area contributed by atoms with Crippen LogP contribution in [0.3, 0.4) is 0 Å². The molecule has 9 heteroatoms. The van der Waals surface area contributed by atoms with Gasteiger partial charge in [-0.05, 0) is 55.8 Å². The van der Waals surface area contributed by atoms with Crippen molar-refractivity contribution >= 4 is 22.2 Å². The summed E-state index contributed by atoms with van der Waals surface area (Å²) in [5.74, 6) is 0.574. The van der Waals surface area contributed by atoms with Crippen molar-refractivity contribution in [2.24, 2.45) is 0 Å². The van der Waals surface area contributed by atoms with Gasteiger partial charge in [0.25, 0.3) is 5.91 Å². The Bertz CT molecular complexity index is 1230. The van der Waals surface area contributed by atoms with E-state index in [4.69, 9.17) is 4.74 Å². The van der Waals surface area contributed by atoms with Gasteiger partial charge >= 0.3 is 6.18 Å². The van der Waals surface area contributed by atoms with Crippen LogP contribution in [0.2, 0.25) is 0 Å². The summed E-state index contributed by atoms with van der Waals surface area (Å²) in [5.41, 5.74) is 1.31. The topological polar surface area (TPSA) is 55.6 Å². The minimum Gasteiger partial charge on any atom is -0.457 e. The third-order valence-corrected chi connectivity index (χ3v) is 5.52. The highest BCUT2D eigenvalue weighted by Gasteiger charge is 2.30. The van der Waals surface area contributed by atoms with E-state index in [1.54, 1.807) is 35.6 Å². The Labute approximate surface area is 180 Å². The van der Waals surface area contributed by atoms with Crippen molar-refractivity contribution < 1.29 is 22.7 Å². The molecule has 1 amide bonds. The molecule has 0 radical (unpaired) electrons. The second-order valence-corrected chi connectivity index (χ2v) is 8.20. The fraction of sp³-hybridized carbons (Fsp3) is 0.182. The molecule has 0 saturated heterocycles. The molecular weight excluding hydrogens is 427 g/mol. The first-order valence-electron chi connectivity index (χ1n) is 9.38. The molecule has 5 nitrogen and oxygen atoms in total. The van der Waals surface area contributed by atoms with Gasteiger partial charge in [-0.1, -0.05) is 12.1 Å². The summed E-state index contributed by atoms with van der Waals surface area (Å²) in [6, 6.07) is 11.5. The number of benzene rings is 2.